The van der Waals surface area contributed by atoms with Gasteiger partial charge in [-0.2, -0.15) is 0 Å². The number of nitrogens with zero attached hydrogens (tertiary/aromatic N) is 3. The first-order valence-electron chi connectivity index (χ1n) is 12.3. The predicted molar refractivity (Wildman–Crippen MR) is 143 cm³/mol. The number of benzene rings is 1. The van der Waals surface area contributed by atoms with E-state index in [1.807, 2.05) is 44.2 Å². The summed E-state index contributed by atoms with van der Waals surface area (Å²) in [7, 11) is -3.58. The number of nitrogens with one attached hydrogen (secondary N) is 1. The van der Waals surface area contributed by atoms with Crippen LogP contribution in [0, 0.1) is 6.92 Å². The molecule has 1 aromatic carbocycles. The molecule has 4 heterocycles. The lowest BCUT2D eigenvalue weighted by molar-refractivity contribution is 0.0950. The van der Waals surface area contributed by atoms with Gasteiger partial charge in [-0.3, -0.25) is 9.78 Å². The number of carbonyl (C=O) groups excluding carboxylic acids is 1. The van der Waals surface area contributed by atoms with Crippen molar-refractivity contribution in [3.63, 3.8) is 0 Å². The number of aromatic nitrogens is 3. The Hall–Kier alpha value is -3.89. The first-order valence-corrected chi connectivity index (χ1v) is 13.9. The maximum atomic E-state index is 12.9. The number of amides is 1. The van der Waals surface area contributed by atoms with Gasteiger partial charge in [0.2, 0.25) is 5.88 Å². The van der Waals surface area contributed by atoms with Crippen LogP contribution in [-0.2, 0) is 27.7 Å². The van der Waals surface area contributed by atoms with Crippen LogP contribution in [0.15, 0.2) is 59.6 Å². The van der Waals surface area contributed by atoms with Crippen LogP contribution in [0.1, 0.15) is 41.0 Å². The number of ether oxygens (including phenoxy) is 2. The fourth-order valence-electron chi connectivity index (χ4n) is 4.28. The average molecular weight is 533 g/mol. The van der Waals surface area contributed by atoms with E-state index < -0.39 is 21.0 Å². The van der Waals surface area contributed by atoms with Gasteiger partial charge < -0.3 is 14.8 Å². The number of hydrogen-bond acceptors (Lipinski definition) is 8. The Labute approximate surface area is 221 Å². The molecule has 1 atom stereocenters. The zero-order valence-electron chi connectivity index (χ0n) is 21.4. The molecular formula is C28H28N4O5S. The van der Waals surface area contributed by atoms with Gasteiger partial charge in [0.15, 0.2) is 9.84 Å². The smallest absolute Gasteiger partial charge is 0.251 e. The molecule has 1 amide bonds. The molecule has 0 radical (unpaired) electrons. The van der Waals surface area contributed by atoms with Crippen molar-refractivity contribution in [3.05, 3.63) is 77.1 Å². The lowest BCUT2D eigenvalue weighted by atomic mass is 10.1. The van der Waals surface area contributed by atoms with Crippen LogP contribution < -0.4 is 10.1 Å². The van der Waals surface area contributed by atoms with E-state index in [0.29, 0.717) is 40.6 Å². The van der Waals surface area contributed by atoms with Crippen molar-refractivity contribution in [2.75, 3.05) is 13.2 Å². The van der Waals surface area contributed by atoms with Gasteiger partial charge in [-0.15, -0.1) is 0 Å². The normalized spacial score (nSPS) is 16.4. The molecule has 4 aromatic rings. The van der Waals surface area contributed by atoms with Crippen molar-refractivity contribution < 1.29 is 22.7 Å². The van der Waals surface area contributed by atoms with Gasteiger partial charge in [-0.1, -0.05) is 6.07 Å². The summed E-state index contributed by atoms with van der Waals surface area (Å²) in [5.74, 6) is 0.159. The van der Waals surface area contributed by atoms with Crippen molar-refractivity contribution in [1.29, 1.82) is 0 Å². The van der Waals surface area contributed by atoms with E-state index in [1.165, 1.54) is 6.07 Å². The molecule has 0 spiro atoms. The van der Waals surface area contributed by atoms with Gasteiger partial charge in [0.05, 0.1) is 59.1 Å². The number of hydrogen-bond donors (Lipinski definition) is 1. The highest BCUT2D eigenvalue weighted by Crippen LogP contribution is 2.27. The van der Waals surface area contributed by atoms with Crippen LogP contribution in [0.2, 0.25) is 0 Å². The number of rotatable bonds is 6. The molecule has 1 aliphatic rings. The monoisotopic (exact) mass is 532 g/mol. The van der Waals surface area contributed by atoms with E-state index in [0.717, 1.165) is 10.9 Å². The van der Waals surface area contributed by atoms with Crippen LogP contribution in [0.4, 0.5) is 0 Å². The maximum absolute atomic E-state index is 12.9. The fourth-order valence-corrected chi connectivity index (χ4v) is 5.77. The summed E-state index contributed by atoms with van der Waals surface area (Å²) >= 11 is 0. The molecule has 0 unspecified atom stereocenters. The van der Waals surface area contributed by atoms with Crippen LogP contribution in [-0.4, -0.2) is 47.7 Å². The lowest BCUT2D eigenvalue weighted by Gasteiger charge is -2.12. The largest absolute Gasteiger partial charge is 0.478 e. The summed E-state index contributed by atoms with van der Waals surface area (Å²) < 4.78 is 36.8. The van der Waals surface area contributed by atoms with Gasteiger partial charge >= 0.3 is 0 Å². The van der Waals surface area contributed by atoms with Crippen LogP contribution in [0.25, 0.3) is 22.3 Å². The first-order chi connectivity index (χ1) is 18.2. The number of aryl methyl sites for hydroxylation is 1. The van der Waals surface area contributed by atoms with E-state index in [4.69, 9.17) is 14.5 Å². The van der Waals surface area contributed by atoms with Crippen molar-refractivity contribution >= 4 is 26.6 Å². The van der Waals surface area contributed by atoms with Crippen molar-refractivity contribution in [2.24, 2.45) is 0 Å². The minimum Gasteiger partial charge on any atom is -0.478 e. The molecular weight excluding hydrogens is 504 g/mol. The van der Waals surface area contributed by atoms with E-state index in [9.17, 15) is 13.2 Å². The Morgan fingerprint density at radius 3 is 2.76 bits per heavy atom. The Kier molecular flexibility index (Phi) is 7.09. The third kappa shape index (κ3) is 5.23. The molecule has 0 fully saturated rings. The Bertz CT molecular complexity index is 1640. The highest BCUT2D eigenvalue weighted by Gasteiger charge is 2.30. The molecule has 0 saturated carbocycles. The number of carbonyl (C=O) groups is 1. The summed E-state index contributed by atoms with van der Waals surface area (Å²) in [4.78, 5) is 26.8. The quantitative estimate of drug-likeness (QED) is 0.395. The van der Waals surface area contributed by atoms with E-state index >= 15 is 0 Å². The number of pyridine rings is 3. The predicted octanol–water partition coefficient (Wildman–Crippen LogP) is 4.02. The average Bonchev–Trinajstić information content (AvgIpc) is 3.01. The number of fused-ring (bicyclic) bond motifs is 2. The van der Waals surface area contributed by atoms with E-state index in [2.05, 4.69) is 15.3 Å². The van der Waals surface area contributed by atoms with Crippen molar-refractivity contribution in [2.45, 2.75) is 44.1 Å². The molecule has 0 bridgehead atoms. The third-order valence-corrected chi connectivity index (χ3v) is 8.53. The second kappa shape index (κ2) is 10.5. The van der Waals surface area contributed by atoms with Crippen LogP contribution >= 0.6 is 0 Å². The third-order valence-electron chi connectivity index (χ3n) is 6.34. The summed E-state index contributed by atoms with van der Waals surface area (Å²) in [6.45, 7) is 6.49. The second-order valence-corrected chi connectivity index (χ2v) is 11.6. The summed E-state index contributed by atoms with van der Waals surface area (Å²) in [6, 6.07) is 14.1. The number of sulfone groups is 1. The molecule has 10 heteroatoms. The van der Waals surface area contributed by atoms with Crippen molar-refractivity contribution in [1.82, 2.24) is 20.3 Å². The molecule has 1 aliphatic heterocycles. The molecule has 9 nitrogen and oxygen atoms in total. The van der Waals surface area contributed by atoms with Gasteiger partial charge in [0.1, 0.15) is 0 Å². The minimum absolute atomic E-state index is 0.121. The minimum atomic E-state index is -3.58. The molecule has 0 saturated heterocycles. The summed E-state index contributed by atoms with van der Waals surface area (Å²) in [5, 5.41) is 3.01. The molecule has 0 aliphatic carbocycles. The van der Waals surface area contributed by atoms with Gasteiger partial charge in [0.25, 0.3) is 5.91 Å². The van der Waals surface area contributed by atoms with E-state index in [-0.39, 0.29) is 30.2 Å². The molecule has 5 rings (SSSR count). The fraction of sp³-hybridized carbons (Fsp3) is 0.286. The van der Waals surface area contributed by atoms with Gasteiger partial charge in [-0.25, -0.2) is 18.4 Å². The maximum Gasteiger partial charge on any atom is 0.251 e. The SMILES string of the molecule is CCOc1cc(C)cc(-c2ccc3cnc(CNC(=O)c4ccc5c(c4)S(=O)(=O)[C@@H](C)COC5)cc3n2)n1. The van der Waals surface area contributed by atoms with Gasteiger partial charge in [-0.05, 0) is 68.3 Å². The molecule has 38 heavy (non-hydrogen) atoms. The lowest BCUT2D eigenvalue weighted by Crippen LogP contribution is -2.24. The van der Waals surface area contributed by atoms with Crippen LogP contribution in [0.3, 0.4) is 0 Å². The first kappa shape index (κ1) is 25.7. The Balaban J connectivity index is 1.36. The zero-order chi connectivity index (χ0) is 26.9. The highest BCUT2D eigenvalue weighted by molar-refractivity contribution is 7.92. The standard InChI is InChI=1S/C28H28N4O5S/c1-4-37-27-10-17(2)9-25(32-27)23-8-7-20-13-29-22(12-24(20)31-23)14-30-28(33)19-5-6-21-16-36-15-18(3)38(34,35)26(21)11-19/h5-13,18H,4,14-16H2,1-3H3,(H,30,33)/t18-/m0/s1. The molecule has 1 N–H and O–H groups in total. The summed E-state index contributed by atoms with van der Waals surface area (Å²) in [5.41, 5.74) is 4.58. The molecule has 196 valence electrons. The van der Waals surface area contributed by atoms with Gasteiger partial charge in [0, 0.05) is 23.2 Å². The Morgan fingerprint density at radius 1 is 1.11 bits per heavy atom. The van der Waals surface area contributed by atoms with Crippen molar-refractivity contribution in [3.8, 4) is 17.3 Å². The summed E-state index contributed by atoms with van der Waals surface area (Å²) in [6.07, 6.45) is 1.71. The Morgan fingerprint density at radius 2 is 1.95 bits per heavy atom. The second-order valence-electron chi connectivity index (χ2n) is 9.24. The zero-order valence-corrected chi connectivity index (χ0v) is 22.2. The topological polar surface area (TPSA) is 120 Å². The molecule has 3 aromatic heterocycles. The van der Waals surface area contributed by atoms with E-state index in [1.54, 1.807) is 25.3 Å². The highest BCUT2D eigenvalue weighted by atomic mass is 32.2. The van der Waals surface area contributed by atoms with Crippen LogP contribution in [0.5, 0.6) is 5.88 Å².